The highest BCUT2D eigenvalue weighted by atomic mass is 16.5. The van der Waals surface area contributed by atoms with Gasteiger partial charge in [0.25, 0.3) is 0 Å². The molecule has 0 aromatic heterocycles. The number of phenols is 1. The standard InChI is InChI=1S/C13H15NO3/c1-16-12-4-3-9-10(13(12)17-2)5-8(7-14)6-11(9)15/h3-6,15H,7,14H2,1-2H3. The maximum absolute atomic E-state index is 9.91. The second-order valence-electron chi connectivity index (χ2n) is 3.72. The predicted molar refractivity (Wildman–Crippen MR) is 66.6 cm³/mol. The van der Waals surface area contributed by atoms with Crippen molar-refractivity contribution in [1.82, 2.24) is 0 Å². The molecule has 90 valence electrons. The van der Waals surface area contributed by atoms with E-state index in [0.717, 1.165) is 16.3 Å². The van der Waals surface area contributed by atoms with Gasteiger partial charge in [0.05, 0.1) is 14.2 Å². The van der Waals surface area contributed by atoms with Crippen LogP contribution in [0.15, 0.2) is 24.3 Å². The smallest absolute Gasteiger partial charge is 0.168 e. The topological polar surface area (TPSA) is 64.7 Å². The average molecular weight is 233 g/mol. The minimum Gasteiger partial charge on any atom is -0.507 e. The van der Waals surface area contributed by atoms with Gasteiger partial charge in [0.15, 0.2) is 11.5 Å². The molecule has 4 nitrogen and oxygen atoms in total. The van der Waals surface area contributed by atoms with Crippen LogP contribution in [0.2, 0.25) is 0 Å². The highest BCUT2D eigenvalue weighted by molar-refractivity contribution is 5.95. The van der Waals surface area contributed by atoms with Gasteiger partial charge < -0.3 is 20.3 Å². The number of nitrogens with two attached hydrogens (primary N) is 1. The Labute approximate surface area is 99.6 Å². The van der Waals surface area contributed by atoms with Gasteiger partial charge in [-0.2, -0.15) is 0 Å². The van der Waals surface area contributed by atoms with Crippen molar-refractivity contribution in [3.05, 3.63) is 29.8 Å². The zero-order chi connectivity index (χ0) is 12.4. The lowest BCUT2D eigenvalue weighted by Crippen LogP contribution is -1.97. The number of aromatic hydroxyl groups is 1. The molecular weight excluding hydrogens is 218 g/mol. The zero-order valence-corrected chi connectivity index (χ0v) is 9.86. The highest BCUT2D eigenvalue weighted by Gasteiger charge is 2.12. The van der Waals surface area contributed by atoms with Crippen LogP contribution in [-0.4, -0.2) is 19.3 Å². The van der Waals surface area contributed by atoms with Crippen LogP contribution in [0, 0.1) is 0 Å². The molecule has 2 rings (SSSR count). The Bertz CT molecular complexity index is 552. The maximum Gasteiger partial charge on any atom is 0.168 e. The Morgan fingerprint density at radius 2 is 1.88 bits per heavy atom. The van der Waals surface area contributed by atoms with Crippen molar-refractivity contribution in [1.29, 1.82) is 0 Å². The SMILES string of the molecule is COc1ccc2c(O)cc(CN)cc2c1OC. The Balaban J connectivity index is 2.81. The third-order valence-electron chi connectivity index (χ3n) is 2.75. The van der Waals surface area contributed by atoms with Gasteiger partial charge in [-0.15, -0.1) is 0 Å². The molecule has 2 aromatic rings. The van der Waals surface area contributed by atoms with Crippen LogP contribution in [0.5, 0.6) is 17.2 Å². The number of benzene rings is 2. The molecule has 0 atom stereocenters. The lowest BCUT2D eigenvalue weighted by molar-refractivity contribution is 0.358. The summed E-state index contributed by atoms with van der Waals surface area (Å²) in [5.41, 5.74) is 6.44. The molecule has 0 heterocycles. The first-order chi connectivity index (χ1) is 8.21. The van der Waals surface area contributed by atoms with Crippen molar-refractivity contribution in [2.24, 2.45) is 5.73 Å². The van der Waals surface area contributed by atoms with E-state index < -0.39 is 0 Å². The third-order valence-corrected chi connectivity index (χ3v) is 2.75. The van der Waals surface area contributed by atoms with E-state index in [1.165, 1.54) is 0 Å². The summed E-state index contributed by atoms with van der Waals surface area (Å²) < 4.78 is 10.5. The summed E-state index contributed by atoms with van der Waals surface area (Å²) in [6, 6.07) is 7.12. The average Bonchev–Trinajstić information content (AvgIpc) is 2.36. The fourth-order valence-corrected chi connectivity index (χ4v) is 1.92. The quantitative estimate of drug-likeness (QED) is 0.851. The molecule has 0 radical (unpaired) electrons. The van der Waals surface area contributed by atoms with Gasteiger partial charge in [0.1, 0.15) is 5.75 Å². The molecule has 0 fully saturated rings. The van der Waals surface area contributed by atoms with E-state index in [4.69, 9.17) is 15.2 Å². The number of hydrogen-bond donors (Lipinski definition) is 2. The van der Waals surface area contributed by atoms with Crippen molar-refractivity contribution in [3.8, 4) is 17.2 Å². The van der Waals surface area contributed by atoms with Gasteiger partial charge in [-0.05, 0) is 29.8 Å². The summed E-state index contributed by atoms with van der Waals surface area (Å²) in [4.78, 5) is 0. The third kappa shape index (κ3) is 1.87. The molecule has 0 saturated heterocycles. The molecule has 17 heavy (non-hydrogen) atoms. The largest absolute Gasteiger partial charge is 0.507 e. The van der Waals surface area contributed by atoms with Crippen LogP contribution >= 0.6 is 0 Å². The Morgan fingerprint density at radius 3 is 2.47 bits per heavy atom. The monoisotopic (exact) mass is 233 g/mol. The van der Waals surface area contributed by atoms with Crippen LogP contribution < -0.4 is 15.2 Å². The van der Waals surface area contributed by atoms with Gasteiger partial charge in [-0.25, -0.2) is 0 Å². The first-order valence-corrected chi connectivity index (χ1v) is 5.28. The van der Waals surface area contributed by atoms with Crippen LogP contribution in [-0.2, 0) is 6.54 Å². The summed E-state index contributed by atoms with van der Waals surface area (Å²) in [5.74, 6) is 1.44. The van der Waals surface area contributed by atoms with E-state index in [2.05, 4.69) is 0 Å². The normalized spacial score (nSPS) is 10.5. The summed E-state index contributed by atoms with van der Waals surface area (Å²) >= 11 is 0. The Morgan fingerprint density at radius 1 is 1.12 bits per heavy atom. The minimum absolute atomic E-state index is 0.198. The fraction of sp³-hybridized carbons (Fsp3) is 0.231. The molecule has 0 amide bonds. The van der Waals surface area contributed by atoms with E-state index in [1.807, 2.05) is 6.07 Å². The number of fused-ring (bicyclic) bond motifs is 1. The Hall–Kier alpha value is -1.94. The van der Waals surface area contributed by atoms with Crippen molar-refractivity contribution in [2.75, 3.05) is 14.2 Å². The van der Waals surface area contributed by atoms with Gasteiger partial charge in [-0.1, -0.05) is 0 Å². The molecular formula is C13H15NO3. The molecule has 4 heteroatoms. The number of methoxy groups -OCH3 is 2. The highest BCUT2D eigenvalue weighted by Crippen LogP contribution is 2.39. The van der Waals surface area contributed by atoms with E-state index >= 15 is 0 Å². The van der Waals surface area contributed by atoms with E-state index in [1.54, 1.807) is 32.4 Å². The van der Waals surface area contributed by atoms with Gasteiger partial charge in [0.2, 0.25) is 0 Å². The van der Waals surface area contributed by atoms with Crippen LogP contribution in [0.1, 0.15) is 5.56 Å². The second kappa shape index (κ2) is 4.51. The number of rotatable bonds is 3. The van der Waals surface area contributed by atoms with Crippen molar-refractivity contribution in [3.63, 3.8) is 0 Å². The van der Waals surface area contributed by atoms with E-state index in [0.29, 0.717) is 18.0 Å². The van der Waals surface area contributed by atoms with Crippen LogP contribution in [0.4, 0.5) is 0 Å². The number of phenolic OH excluding ortho intramolecular Hbond substituents is 1. The zero-order valence-electron chi connectivity index (χ0n) is 9.86. The van der Waals surface area contributed by atoms with E-state index in [-0.39, 0.29) is 5.75 Å². The molecule has 3 N–H and O–H groups in total. The minimum atomic E-state index is 0.198. The van der Waals surface area contributed by atoms with Crippen LogP contribution in [0.25, 0.3) is 10.8 Å². The first-order valence-electron chi connectivity index (χ1n) is 5.28. The predicted octanol–water partition coefficient (Wildman–Crippen LogP) is 2.02. The first kappa shape index (κ1) is 11.5. The van der Waals surface area contributed by atoms with Crippen molar-refractivity contribution >= 4 is 10.8 Å². The molecule has 2 aromatic carbocycles. The molecule has 0 saturated carbocycles. The van der Waals surface area contributed by atoms with Crippen LogP contribution in [0.3, 0.4) is 0 Å². The van der Waals surface area contributed by atoms with Crippen molar-refractivity contribution in [2.45, 2.75) is 6.54 Å². The van der Waals surface area contributed by atoms with Gasteiger partial charge in [0, 0.05) is 17.3 Å². The van der Waals surface area contributed by atoms with E-state index in [9.17, 15) is 5.11 Å². The number of ether oxygens (including phenoxy) is 2. The summed E-state index contributed by atoms with van der Waals surface area (Å²) in [5, 5.41) is 11.4. The van der Waals surface area contributed by atoms with Gasteiger partial charge >= 0.3 is 0 Å². The number of hydrogen-bond acceptors (Lipinski definition) is 4. The molecule has 0 aliphatic carbocycles. The molecule has 0 aliphatic rings. The molecule has 0 aliphatic heterocycles. The Kier molecular flexibility index (Phi) is 3.06. The van der Waals surface area contributed by atoms with Crippen molar-refractivity contribution < 1.29 is 14.6 Å². The second-order valence-corrected chi connectivity index (χ2v) is 3.72. The molecule has 0 bridgehead atoms. The lowest BCUT2D eigenvalue weighted by Gasteiger charge is -2.12. The fourth-order valence-electron chi connectivity index (χ4n) is 1.92. The lowest BCUT2D eigenvalue weighted by atomic mass is 10.0. The molecule has 0 spiro atoms. The summed E-state index contributed by atoms with van der Waals surface area (Å²) in [6.45, 7) is 0.365. The van der Waals surface area contributed by atoms with Gasteiger partial charge in [-0.3, -0.25) is 0 Å². The maximum atomic E-state index is 9.91. The summed E-state index contributed by atoms with van der Waals surface area (Å²) in [7, 11) is 3.15. The molecule has 0 unspecified atom stereocenters. The summed E-state index contributed by atoms with van der Waals surface area (Å²) in [6.07, 6.45) is 0.